The molecule has 0 amide bonds. The summed E-state index contributed by atoms with van der Waals surface area (Å²) >= 11 is 1.43. The molecule has 0 unspecified atom stereocenters. The van der Waals surface area contributed by atoms with E-state index in [-0.39, 0.29) is 5.75 Å². The third kappa shape index (κ3) is 3.86. The molecule has 5 rings (SSSR count). The molecular weight excluding hydrogens is 404 g/mol. The highest BCUT2D eigenvalue weighted by atomic mass is 32.2. The zero-order valence-electron chi connectivity index (χ0n) is 16.5. The maximum absolute atomic E-state index is 13.0. The lowest BCUT2D eigenvalue weighted by molar-refractivity contribution is 0.0737. The van der Waals surface area contributed by atoms with Crippen molar-refractivity contribution in [1.29, 1.82) is 0 Å². The Kier molecular flexibility index (Phi) is 5.06. The van der Waals surface area contributed by atoms with Crippen molar-refractivity contribution in [2.75, 3.05) is 0 Å². The smallest absolute Gasteiger partial charge is 0.343 e. The van der Waals surface area contributed by atoms with Crippen molar-refractivity contribution in [2.45, 2.75) is 9.79 Å². The Morgan fingerprint density at radius 3 is 2.19 bits per heavy atom. The molecule has 3 nitrogen and oxygen atoms in total. The third-order valence-corrected chi connectivity index (χ3v) is 6.14. The second-order valence-electron chi connectivity index (χ2n) is 7.13. The fraction of sp³-hybridized carbons (Fsp3) is 0. The van der Waals surface area contributed by atoms with E-state index in [2.05, 4.69) is 0 Å². The van der Waals surface area contributed by atoms with Crippen LogP contribution in [0.4, 0.5) is 0 Å². The quantitative estimate of drug-likeness (QED) is 0.249. The summed E-state index contributed by atoms with van der Waals surface area (Å²) in [5, 5.41) is 14.2. The highest BCUT2D eigenvalue weighted by Gasteiger charge is 2.17. The van der Waals surface area contributed by atoms with Gasteiger partial charge in [0.25, 0.3) is 0 Å². The lowest BCUT2D eigenvalue weighted by atomic mass is 10.1. The molecule has 5 aromatic rings. The average molecular weight is 423 g/mol. The summed E-state index contributed by atoms with van der Waals surface area (Å²) in [5.41, 5.74) is 0.480. The van der Waals surface area contributed by atoms with Crippen LogP contribution in [0.15, 0.2) is 113 Å². The molecule has 0 radical (unpaired) electrons. The van der Waals surface area contributed by atoms with Crippen LogP contribution in [0.25, 0.3) is 21.5 Å². The molecule has 0 atom stereocenters. The minimum Gasteiger partial charge on any atom is -0.506 e. The molecule has 0 saturated carbocycles. The van der Waals surface area contributed by atoms with Crippen molar-refractivity contribution in [3.63, 3.8) is 0 Å². The molecule has 0 saturated heterocycles. The van der Waals surface area contributed by atoms with Crippen LogP contribution in [-0.2, 0) is 0 Å². The van der Waals surface area contributed by atoms with Gasteiger partial charge in [0.2, 0.25) is 0 Å². The number of fused-ring (bicyclic) bond motifs is 2. The minimum absolute atomic E-state index is 0.176. The molecule has 0 bridgehead atoms. The van der Waals surface area contributed by atoms with Gasteiger partial charge in [0.05, 0.1) is 10.5 Å². The number of rotatable bonds is 4. The largest absolute Gasteiger partial charge is 0.506 e. The van der Waals surface area contributed by atoms with Gasteiger partial charge >= 0.3 is 5.97 Å². The highest BCUT2D eigenvalue weighted by molar-refractivity contribution is 7.99. The van der Waals surface area contributed by atoms with E-state index in [1.807, 2.05) is 91.0 Å². The Morgan fingerprint density at radius 2 is 1.39 bits per heavy atom. The second kappa shape index (κ2) is 8.17. The van der Waals surface area contributed by atoms with Gasteiger partial charge in [-0.15, -0.1) is 0 Å². The van der Waals surface area contributed by atoms with E-state index in [0.29, 0.717) is 27.0 Å². The molecule has 0 spiro atoms. The van der Waals surface area contributed by atoms with Crippen LogP contribution in [0.2, 0.25) is 0 Å². The molecule has 150 valence electrons. The van der Waals surface area contributed by atoms with E-state index in [0.717, 1.165) is 15.7 Å². The van der Waals surface area contributed by atoms with E-state index >= 15 is 0 Å². The minimum atomic E-state index is -0.433. The SMILES string of the molecule is O=C(Oc1cc(Sc2ccccc2)c(O)c2ccccc12)c1ccc2ccccc2c1. The molecule has 0 heterocycles. The lowest BCUT2D eigenvalue weighted by Crippen LogP contribution is -2.08. The van der Waals surface area contributed by atoms with E-state index < -0.39 is 5.97 Å². The third-order valence-electron chi connectivity index (χ3n) is 5.10. The Labute approximate surface area is 183 Å². The van der Waals surface area contributed by atoms with Gasteiger partial charge in [-0.1, -0.05) is 84.6 Å². The Bertz CT molecular complexity index is 1410. The predicted molar refractivity (Wildman–Crippen MR) is 125 cm³/mol. The van der Waals surface area contributed by atoms with E-state index in [1.165, 1.54) is 11.8 Å². The number of hydrogen-bond acceptors (Lipinski definition) is 4. The van der Waals surface area contributed by atoms with Crippen molar-refractivity contribution in [3.05, 3.63) is 109 Å². The number of phenolic OH excluding ortho intramolecular Hbond substituents is 1. The first kappa shape index (κ1) is 19.2. The van der Waals surface area contributed by atoms with Crippen LogP contribution in [0.1, 0.15) is 10.4 Å². The van der Waals surface area contributed by atoms with E-state index in [4.69, 9.17) is 4.74 Å². The highest BCUT2D eigenvalue weighted by Crippen LogP contribution is 2.43. The van der Waals surface area contributed by atoms with Crippen molar-refractivity contribution < 1.29 is 14.6 Å². The fourth-order valence-corrected chi connectivity index (χ4v) is 4.47. The molecule has 0 aliphatic carbocycles. The number of carbonyl (C=O) groups excluding carboxylic acids is 1. The van der Waals surface area contributed by atoms with Gasteiger partial charge in [-0.05, 0) is 41.1 Å². The maximum atomic E-state index is 13.0. The first-order valence-corrected chi connectivity index (χ1v) is 10.7. The van der Waals surface area contributed by atoms with Gasteiger partial charge in [-0.2, -0.15) is 0 Å². The average Bonchev–Trinajstić information content (AvgIpc) is 2.82. The van der Waals surface area contributed by atoms with Crippen LogP contribution < -0.4 is 4.74 Å². The number of esters is 1. The van der Waals surface area contributed by atoms with Crippen molar-refractivity contribution in [1.82, 2.24) is 0 Å². The van der Waals surface area contributed by atoms with Gasteiger partial charge < -0.3 is 9.84 Å². The first-order valence-electron chi connectivity index (χ1n) is 9.87. The van der Waals surface area contributed by atoms with Crippen LogP contribution in [0, 0.1) is 0 Å². The normalized spacial score (nSPS) is 11.0. The maximum Gasteiger partial charge on any atom is 0.343 e. The standard InChI is InChI=1S/C27H18O3S/c28-26-23-13-7-6-12-22(23)24(17-25(26)31-21-10-2-1-3-11-21)30-27(29)20-15-14-18-8-4-5-9-19(18)16-20/h1-17,28H. The zero-order valence-corrected chi connectivity index (χ0v) is 17.3. The number of hydrogen-bond donors (Lipinski definition) is 1. The van der Waals surface area contributed by atoms with Crippen LogP contribution in [0.3, 0.4) is 0 Å². The molecule has 1 N–H and O–H groups in total. The number of phenols is 1. The summed E-state index contributed by atoms with van der Waals surface area (Å²) in [6.45, 7) is 0. The van der Waals surface area contributed by atoms with Gasteiger partial charge in [0, 0.05) is 15.7 Å². The van der Waals surface area contributed by atoms with Crippen LogP contribution in [-0.4, -0.2) is 11.1 Å². The summed E-state index contributed by atoms with van der Waals surface area (Å²) < 4.78 is 5.83. The molecule has 5 aromatic carbocycles. The van der Waals surface area contributed by atoms with Crippen molar-refractivity contribution in [2.24, 2.45) is 0 Å². The molecule has 0 aliphatic rings. The zero-order chi connectivity index (χ0) is 21.2. The monoisotopic (exact) mass is 422 g/mol. The van der Waals surface area contributed by atoms with E-state index in [9.17, 15) is 9.90 Å². The van der Waals surface area contributed by atoms with E-state index in [1.54, 1.807) is 12.1 Å². The van der Waals surface area contributed by atoms with Crippen molar-refractivity contribution >= 4 is 39.3 Å². The summed E-state index contributed by atoms with van der Waals surface area (Å²) in [6, 6.07) is 32.3. The number of benzene rings is 5. The van der Waals surface area contributed by atoms with Crippen molar-refractivity contribution in [3.8, 4) is 11.5 Å². The Morgan fingerprint density at radius 1 is 0.710 bits per heavy atom. The van der Waals surface area contributed by atoms with Crippen LogP contribution >= 0.6 is 11.8 Å². The summed E-state index contributed by atoms with van der Waals surface area (Å²) in [7, 11) is 0. The summed E-state index contributed by atoms with van der Waals surface area (Å²) in [4.78, 5) is 14.6. The lowest BCUT2D eigenvalue weighted by Gasteiger charge is -2.13. The van der Waals surface area contributed by atoms with Gasteiger partial charge in [0.1, 0.15) is 11.5 Å². The fourth-order valence-electron chi connectivity index (χ4n) is 3.56. The number of carbonyl (C=O) groups is 1. The molecular formula is C27H18O3S. The summed E-state index contributed by atoms with van der Waals surface area (Å²) in [5.74, 6) is 0.164. The molecule has 0 fully saturated rings. The molecule has 0 aliphatic heterocycles. The number of ether oxygens (including phenoxy) is 1. The molecule has 4 heteroatoms. The van der Waals surface area contributed by atoms with Gasteiger partial charge in [-0.3, -0.25) is 0 Å². The van der Waals surface area contributed by atoms with Crippen LogP contribution in [0.5, 0.6) is 11.5 Å². The Hall–Kier alpha value is -3.76. The molecule has 31 heavy (non-hydrogen) atoms. The topological polar surface area (TPSA) is 46.5 Å². The summed E-state index contributed by atoms with van der Waals surface area (Å²) in [6.07, 6.45) is 0. The van der Waals surface area contributed by atoms with Gasteiger partial charge in [-0.25, -0.2) is 4.79 Å². The Balaban J connectivity index is 1.54. The molecule has 0 aromatic heterocycles. The number of aromatic hydroxyl groups is 1. The van der Waals surface area contributed by atoms with Gasteiger partial charge in [0.15, 0.2) is 0 Å². The first-order chi connectivity index (χ1) is 15.2. The second-order valence-corrected chi connectivity index (χ2v) is 8.25. The predicted octanol–water partition coefficient (Wildman–Crippen LogP) is 7.07.